The fraction of sp³-hybridized carbons (Fsp3) is 0.522. The van der Waals surface area contributed by atoms with Crippen LogP contribution in [0.25, 0.3) is 10.8 Å². The lowest BCUT2D eigenvalue weighted by Crippen LogP contribution is -2.43. The molecule has 0 aromatic heterocycles. The molecule has 0 heterocycles. The molecular formula is C23H33NO3. The van der Waals surface area contributed by atoms with Crippen LogP contribution in [0, 0.1) is 0 Å². The van der Waals surface area contributed by atoms with Crippen LogP contribution in [-0.2, 0) is 9.53 Å². The van der Waals surface area contributed by atoms with Crippen LogP contribution in [-0.4, -0.2) is 24.7 Å². The van der Waals surface area contributed by atoms with Gasteiger partial charge in [0.15, 0.2) is 0 Å². The van der Waals surface area contributed by atoms with Crippen LogP contribution in [0.4, 0.5) is 5.69 Å². The summed E-state index contributed by atoms with van der Waals surface area (Å²) in [7, 11) is 0. The summed E-state index contributed by atoms with van der Waals surface area (Å²) in [6.45, 7) is 9.42. The first-order valence-corrected chi connectivity index (χ1v) is 10.2. The summed E-state index contributed by atoms with van der Waals surface area (Å²) in [4.78, 5) is 13.0. The molecule has 4 heteroatoms. The monoisotopic (exact) mass is 371 g/mol. The summed E-state index contributed by atoms with van der Waals surface area (Å²) in [6, 6.07) is 11.9. The predicted molar refractivity (Wildman–Crippen MR) is 113 cm³/mol. The molecule has 2 aromatic carbocycles. The second kappa shape index (κ2) is 10.3. The molecule has 1 amide bonds. The lowest BCUT2D eigenvalue weighted by molar-refractivity contribution is -0.140. The van der Waals surface area contributed by atoms with Crippen molar-refractivity contribution in [3.63, 3.8) is 0 Å². The van der Waals surface area contributed by atoms with Gasteiger partial charge in [-0.05, 0) is 38.3 Å². The van der Waals surface area contributed by atoms with Crippen molar-refractivity contribution in [1.29, 1.82) is 0 Å². The van der Waals surface area contributed by atoms with Gasteiger partial charge in [0.05, 0.1) is 6.61 Å². The molecule has 0 aliphatic rings. The van der Waals surface area contributed by atoms with Crippen molar-refractivity contribution in [1.82, 2.24) is 0 Å². The van der Waals surface area contributed by atoms with Gasteiger partial charge in [-0.15, -0.1) is 0 Å². The van der Waals surface area contributed by atoms with Crippen molar-refractivity contribution in [2.45, 2.75) is 65.4 Å². The highest BCUT2D eigenvalue weighted by Gasteiger charge is 2.33. The van der Waals surface area contributed by atoms with Crippen LogP contribution in [0.5, 0.6) is 5.75 Å². The van der Waals surface area contributed by atoms with Crippen LogP contribution < -0.4 is 10.1 Å². The van der Waals surface area contributed by atoms with Gasteiger partial charge in [-0.3, -0.25) is 4.79 Å². The second-order valence-corrected chi connectivity index (χ2v) is 7.14. The van der Waals surface area contributed by atoms with Crippen molar-refractivity contribution in [3.8, 4) is 5.75 Å². The minimum Gasteiger partial charge on any atom is -0.493 e. The second-order valence-electron chi connectivity index (χ2n) is 7.14. The zero-order valence-electron chi connectivity index (χ0n) is 17.1. The van der Waals surface area contributed by atoms with E-state index >= 15 is 0 Å². The molecule has 2 rings (SSSR count). The predicted octanol–water partition coefficient (Wildman–Crippen LogP) is 5.94. The highest BCUT2D eigenvalue weighted by atomic mass is 16.5. The number of amides is 1. The zero-order chi connectivity index (χ0) is 19.7. The maximum atomic E-state index is 13.0. The van der Waals surface area contributed by atoms with E-state index in [1.54, 1.807) is 0 Å². The average Bonchev–Trinajstić information content (AvgIpc) is 2.68. The number of benzene rings is 2. The maximum absolute atomic E-state index is 13.0. The molecule has 0 bridgehead atoms. The Hall–Kier alpha value is -2.07. The minimum absolute atomic E-state index is 0.0948. The van der Waals surface area contributed by atoms with E-state index in [2.05, 4.69) is 26.1 Å². The Kier molecular flexibility index (Phi) is 8.11. The smallest absolute Gasteiger partial charge is 0.256 e. The zero-order valence-corrected chi connectivity index (χ0v) is 17.1. The third-order valence-electron chi connectivity index (χ3n) is 4.72. The van der Waals surface area contributed by atoms with Gasteiger partial charge in [0.1, 0.15) is 11.4 Å². The summed E-state index contributed by atoms with van der Waals surface area (Å²) in [6.07, 6.45) is 4.59. The van der Waals surface area contributed by atoms with Gasteiger partial charge in [-0.2, -0.15) is 0 Å². The lowest BCUT2D eigenvalue weighted by Gasteiger charge is -2.28. The van der Waals surface area contributed by atoms with E-state index in [1.165, 1.54) is 0 Å². The number of unbranched alkanes of at least 4 members (excludes halogenated alkanes) is 1. The van der Waals surface area contributed by atoms with Gasteiger partial charge in [0.2, 0.25) is 0 Å². The standard InChI is InChI=1S/C23H33NO3/c1-5-8-17-26-21-14-13-20(18-11-9-10-12-19(18)21)24-22(25)23(4,15-6-2)27-16-7-3/h9-14H,5-8,15-17H2,1-4H3,(H,24,25)/t23-/m1/s1. The van der Waals surface area contributed by atoms with Gasteiger partial charge in [-0.25, -0.2) is 0 Å². The van der Waals surface area contributed by atoms with E-state index in [4.69, 9.17) is 9.47 Å². The number of fused-ring (bicyclic) bond motifs is 1. The van der Waals surface area contributed by atoms with Gasteiger partial charge in [-0.1, -0.05) is 57.9 Å². The van der Waals surface area contributed by atoms with Gasteiger partial charge in [0.25, 0.3) is 5.91 Å². The molecule has 27 heavy (non-hydrogen) atoms. The summed E-state index contributed by atoms with van der Waals surface area (Å²) in [5.74, 6) is 0.762. The summed E-state index contributed by atoms with van der Waals surface area (Å²) in [5, 5.41) is 5.09. The van der Waals surface area contributed by atoms with Crippen molar-refractivity contribution in [3.05, 3.63) is 36.4 Å². The Morgan fingerprint density at radius 2 is 1.70 bits per heavy atom. The first-order chi connectivity index (χ1) is 13.1. The molecule has 0 radical (unpaired) electrons. The molecule has 0 saturated heterocycles. The summed E-state index contributed by atoms with van der Waals surface area (Å²) >= 11 is 0. The number of anilines is 1. The topological polar surface area (TPSA) is 47.6 Å². The largest absolute Gasteiger partial charge is 0.493 e. The molecule has 148 valence electrons. The molecule has 0 fully saturated rings. The number of ether oxygens (including phenoxy) is 2. The van der Waals surface area contributed by atoms with Gasteiger partial charge in [0, 0.05) is 23.1 Å². The molecule has 4 nitrogen and oxygen atoms in total. The van der Waals surface area contributed by atoms with E-state index in [0.717, 1.165) is 47.9 Å². The van der Waals surface area contributed by atoms with E-state index in [1.807, 2.05) is 43.3 Å². The number of nitrogens with one attached hydrogen (secondary N) is 1. The van der Waals surface area contributed by atoms with Gasteiger partial charge < -0.3 is 14.8 Å². The fourth-order valence-corrected chi connectivity index (χ4v) is 3.14. The molecule has 1 atom stereocenters. The fourth-order valence-electron chi connectivity index (χ4n) is 3.14. The maximum Gasteiger partial charge on any atom is 0.256 e. The molecule has 0 aliphatic heterocycles. The SMILES string of the molecule is CCCCOc1ccc(NC(=O)[C@@](C)(CCC)OCCC)c2ccccc12. The number of carbonyl (C=O) groups excluding carboxylic acids is 1. The van der Waals surface area contributed by atoms with Gasteiger partial charge >= 0.3 is 0 Å². The first kappa shape index (κ1) is 21.2. The Morgan fingerprint density at radius 3 is 2.37 bits per heavy atom. The summed E-state index contributed by atoms with van der Waals surface area (Å²) in [5.41, 5.74) is -0.0248. The van der Waals surface area contributed by atoms with Crippen molar-refractivity contribution < 1.29 is 14.3 Å². The highest BCUT2D eigenvalue weighted by Crippen LogP contribution is 2.33. The third-order valence-corrected chi connectivity index (χ3v) is 4.72. The van der Waals surface area contributed by atoms with Crippen molar-refractivity contribution in [2.24, 2.45) is 0 Å². The minimum atomic E-state index is -0.817. The van der Waals surface area contributed by atoms with Crippen LogP contribution in [0.3, 0.4) is 0 Å². The van der Waals surface area contributed by atoms with Crippen LogP contribution >= 0.6 is 0 Å². The van der Waals surface area contributed by atoms with E-state index in [0.29, 0.717) is 19.6 Å². The molecule has 0 aliphatic carbocycles. The molecule has 0 spiro atoms. The Morgan fingerprint density at radius 1 is 0.963 bits per heavy atom. The lowest BCUT2D eigenvalue weighted by atomic mass is 9.98. The number of carbonyl (C=O) groups is 1. The Bertz CT molecular complexity index is 743. The van der Waals surface area contributed by atoms with Crippen molar-refractivity contribution >= 4 is 22.4 Å². The molecule has 0 unspecified atom stereocenters. The van der Waals surface area contributed by atoms with E-state index in [-0.39, 0.29) is 5.91 Å². The average molecular weight is 372 g/mol. The summed E-state index contributed by atoms with van der Waals surface area (Å²) < 4.78 is 11.9. The first-order valence-electron chi connectivity index (χ1n) is 10.2. The molecule has 0 saturated carbocycles. The molecular weight excluding hydrogens is 338 g/mol. The van der Waals surface area contributed by atoms with Crippen molar-refractivity contribution in [2.75, 3.05) is 18.5 Å². The third kappa shape index (κ3) is 5.46. The van der Waals surface area contributed by atoms with E-state index < -0.39 is 5.60 Å². The molecule has 1 N–H and O–H groups in total. The Balaban J connectivity index is 2.27. The number of hydrogen-bond acceptors (Lipinski definition) is 3. The molecule has 2 aromatic rings. The quantitative estimate of drug-likeness (QED) is 0.497. The number of hydrogen-bond donors (Lipinski definition) is 1. The normalized spacial score (nSPS) is 13.3. The highest BCUT2D eigenvalue weighted by molar-refractivity contribution is 6.06. The van der Waals surface area contributed by atoms with Crippen LogP contribution in [0.1, 0.15) is 59.8 Å². The Labute approximate surface area is 163 Å². The van der Waals surface area contributed by atoms with E-state index in [9.17, 15) is 4.79 Å². The number of rotatable bonds is 11. The van der Waals surface area contributed by atoms with Crippen LogP contribution in [0.15, 0.2) is 36.4 Å². The van der Waals surface area contributed by atoms with Crippen LogP contribution in [0.2, 0.25) is 0 Å².